The van der Waals surface area contributed by atoms with Crippen molar-refractivity contribution in [1.82, 2.24) is 10.1 Å². The highest BCUT2D eigenvalue weighted by atomic mass is 16.5. The molecule has 0 spiro atoms. The maximum absolute atomic E-state index is 9.67. The summed E-state index contributed by atoms with van der Waals surface area (Å²) in [5.74, 6) is 1.10. The Labute approximate surface area is 95.2 Å². The van der Waals surface area contributed by atoms with Crippen LogP contribution in [0.4, 0.5) is 5.95 Å². The average Bonchev–Trinajstić information content (AvgIpc) is 2.76. The van der Waals surface area contributed by atoms with Gasteiger partial charge in [0.25, 0.3) is 5.95 Å². The Hall–Kier alpha value is -1.10. The van der Waals surface area contributed by atoms with Gasteiger partial charge in [-0.1, -0.05) is 20.8 Å². The molecule has 0 amide bonds. The monoisotopic (exact) mass is 225 g/mol. The number of anilines is 1. The lowest BCUT2D eigenvalue weighted by molar-refractivity contribution is 0.171. The molecule has 5 heteroatoms. The van der Waals surface area contributed by atoms with Gasteiger partial charge in [-0.05, 0) is 24.4 Å². The zero-order chi connectivity index (χ0) is 11.8. The molecule has 0 aliphatic heterocycles. The molecule has 1 aliphatic carbocycles. The summed E-state index contributed by atoms with van der Waals surface area (Å²) in [5.41, 5.74) is -0.138. The quantitative estimate of drug-likeness (QED) is 0.801. The van der Waals surface area contributed by atoms with Crippen molar-refractivity contribution in [3.8, 4) is 0 Å². The first-order valence-corrected chi connectivity index (χ1v) is 5.75. The summed E-state index contributed by atoms with van der Waals surface area (Å²) in [6, 6.07) is 0.0606. The minimum Gasteiger partial charge on any atom is -0.391 e. The van der Waals surface area contributed by atoms with Gasteiger partial charge in [-0.25, -0.2) is 0 Å². The van der Waals surface area contributed by atoms with Crippen LogP contribution in [-0.4, -0.2) is 27.4 Å². The second-order valence-corrected chi connectivity index (χ2v) is 5.42. The maximum Gasteiger partial charge on any atom is 0.263 e. The normalized spacial score (nSPS) is 26.0. The van der Waals surface area contributed by atoms with Gasteiger partial charge in [-0.15, -0.1) is 0 Å². The lowest BCUT2D eigenvalue weighted by atomic mass is 9.97. The van der Waals surface area contributed by atoms with E-state index in [0.717, 1.165) is 19.3 Å². The topological polar surface area (TPSA) is 71.2 Å². The van der Waals surface area contributed by atoms with Crippen LogP contribution < -0.4 is 5.32 Å². The number of hydrogen-bond acceptors (Lipinski definition) is 5. The SMILES string of the molecule is CC(C)(C)c1nc(N[C@@H]2CCC[C@H]2O)no1. The summed E-state index contributed by atoms with van der Waals surface area (Å²) in [4.78, 5) is 4.28. The molecule has 2 N–H and O–H groups in total. The van der Waals surface area contributed by atoms with Crippen molar-refractivity contribution < 1.29 is 9.63 Å². The molecule has 1 aromatic heterocycles. The predicted octanol–water partition coefficient (Wildman–Crippen LogP) is 1.69. The lowest BCUT2D eigenvalue weighted by Crippen LogP contribution is -2.28. The molecular weight excluding hydrogens is 206 g/mol. The molecule has 1 saturated carbocycles. The molecule has 0 saturated heterocycles. The van der Waals surface area contributed by atoms with Crippen molar-refractivity contribution in [3.05, 3.63) is 5.89 Å². The van der Waals surface area contributed by atoms with Gasteiger partial charge in [0.15, 0.2) is 0 Å². The third-order valence-electron chi connectivity index (χ3n) is 2.86. The first-order chi connectivity index (χ1) is 7.47. The Morgan fingerprint density at radius 1 is 1.38 bits per heavy atom. The van der Waals surface area contributed by atoms with Gasteiger partial charge < -0.3 is 14.9 Å². The lowest BCUT2D eigenvalue weighted by Gasteiger charge is -2.14. The summed E-state index contributed by atoms with van der Waals surface area (Å²) in [6.45, 7) is 6.07. The van der Waals surface area contributed by atoms with Crippen molar-refractivity contribution >= 4 is 5.95 Å². The number of rotatable bonds is 2. The number of hydrogen-bond donors (Lipinski definition) is 2. The Kier molecular flexibility index (Phi) is 2.88. The van der Waals surface area contributed by atoms with E-state index >= 15 is 0 Å². The molecule has 1 aromatic rings. The largest absolute Gasteiger partial charge is 0.391 e. The van der Waals surface area contributed by atoms with Crippen LogP contribution in [0.2, 0.25) is 0 Å². The van der Waals surface area contributed by atoms with Gasteiger partial charge in [0, 0.05) is 5.41 Å². The molecule has 1 heterocycles. The van der Waals surface area contributed by atoms with Crippen LogP contribution in [0.15, 0.2) is 4.52 Å². The average molecular weight is 225 g/mol. The fourth-order valence-electron chi connectivity index (χ4n) is 1.86. The van der Waals surface area contributed by atoms with Crippen molar-refractivity contribution in [2.75, 3.05) is 5.32 Å². The van der Waals surface area contributed by atoms with Gasteiger partial charge in [0.05, 0.1) is 12.1 Å². The second-order valence-electron chi connectivity index (χ2n) is 5.42. The van der Waals surface area contributed by atoms with Crippen molar-refractivity contribution in [2.45, 2.75) is 57.6 Å². The highest BCUT2D eigenvalue weighted by Crippen LogP contribution is 2.24. The molecule has 1 aliphatic rings. The van der Waals surface area contributed by atoms with Gasteiger partial charge in [-0.2, -0.15) is 4.98 Å². The zero-order valence-corrected chi connectivity index (χ0v) is 10.0. The van der Waals surface area contributed by atoms with Gasteiger partial charge >= 0.3 is 0 Å². The molecule has 2 rings (SSSR count). The van der Waals surface area contributed by atoms with Crippen LogP contribution in [0.25, 0.3) is 0 Å². The highest BCUT2D eigenvalue weighted by Gasteiger charge is 2.27. The van der Waals surface area contributed by atoms with Crippen LogP contribution in [-0.2, 0) is 5.41 Å². The molecular formula is C11H19N3O2. The van der Waals surface area contributed by atoms with Crippen LogP contribution in [0.5, 0.6) is 0 Å². The minimum atomic E-state index is -0.295. The van der Waals surface area contributed by atoms with Gasteiger partial charge in [-0.3, -0.25) is 0 Å². The van der Waals surface area contributed by atoms with E-state index in [4.69, 9.17) is 4.52 Å². The van der Waals surface area contributed by atoms with E-state index < -0.39 is 0 Å². The Bertz CT molecular complexity index is 356. The fourth-order valence-corrected chi connectivity index (χ4v) is 1.86. The summed E-state index contributed by atoms with van der Waals surface area (Å²) in [5, 5.41) is 16.7. The third-order valence-corrected chi connectivity index (χ3v) is 2.86. The molecule has 2 atom stereocenters. The first-order valence-electron chi connectivity index (χ1n) is 5.75. The maximum atomic E-state index is 9.67. The molecule has 5 nitrogen and oxygen atoms in total. The van der Waals surface area contributed by atoms with Crippen LogP contribution in [0, 0.1) is 0 Å². The standard InChI is InChI=1S/C11H19N3O2/c1-11(2,3)9-13-10(14-16-9)12-7-5-4-6-8(7)15/h7-8,15H,4-6H2,1-3H3,(H,12,14)/t7-,8-/m1/s1. The summed E-state index contributed by atoms with van der Waals surface area (Å²) in [7, 11) is 0. The Morgan fingerprint density at radius 2 is 2.12 bits per heavy atom. The van der Waals surface area contributed by atoms with Crippen molar-refractivity contribution in [1.29, 1.82) is 0 Å². The molecule has 16 heavy (non-hydrogen) atoms. The van der Waals surface area contributed by atoms with Crippen LogP contribution >= 0.6 is 0 Å². The van der Waals surface area contributed by atoms with Gasteiger partial charge in [0.2, 0.25) is 5.89 Å². The van der Waals surface area contributed by atoms with E-state index in [2.05, 4.69) is 15.5 Å². The van der Waals surface area contributed by atoms with E-state index in [0.29, 0.717) is 11.8 Å². The molecule has 0 bridgehead atoms. The highest BCUT2D eigenvalue weighted by molar-refractivity contribution is 5.26. The number of aromatic nitrogens is 2. The predicted molar refractivity (Wildman–Crippen MR) is 60.3 cm³/mol. The Balaban J connectivity index is 2.03. The van der Waals surface area contributed by atoms with Crippen LogP contribution in [0.3, 0.4) is 0 Å². The van der Waals surface area contributed by atoms with Gasteiger partial charge in [0.1, 0.15) is 0 Å². The Morgan fingerprint density at radius 3 is 2.62 bits per heavy atom. The zero-order valence-electron chi connectivity index (χ0n) is 10.0. The smallest absolute Gasteiger partial charge is 0.263 e. The molecule has 1 fully saturated rings. The summed E-state index contributed by atoms with van der Waals surface area (Å²) < 4.78 is 5.17. The number of nitrogens with one attached hydrogen (secondary N) is 1. The third kappa shape index (κ3) is 2.35. The van der Waals surface area contributed by atoms with E-state index in [-0.39, 0.29) is 17.6 Å². The van der Waals surface area contributed by atoms with E-state index in [9.17, 15) is 5.11 Å². The molecule has 90 valence electrons. The minimum absolute atomic E-state index is 0.0606. The van der Waals surface area contributed by atoms with Crippen molar-refractivity contribution in [3.63, 3.8) is 0 Å². The number of aliphatic hydroxyl groups is 1. The van der Waals surface area contributed by atoms with E-state index in [1.54, 1.807) is 0 Å². The van der Waals surface area contributed by atoms with E-state index in [1.807, 2.05) is 20.8 Å². The fraction of sp³-hybridized carbons (Fsp3) is 0.818. The van der Waals surface area contributed by atoms with E-state index in [1.165, 1.54) is 0 Å². The molecule has 0 aromatic carbocycles. The molecule has 0 radical (unpaired) electrons. The summed E-state index contributed by atoms with van der Waals surface area (Å²) >= 11 is 0. The number of aliphatic hydroxyl groups excluding tert-OH is 1. The van der Waals surface area contributed by atoms with Crippen LogP contribution in [0.1, 0.15) is 45.9 Å². The molecule has 0 unspecified atom stereocenters. The number of nitrogens with zero attached hydrogens (tertiary/aromatic N) is 2. The first kappa shape index (κ1) is 11.4. The second kappa shape index (κ2) is 4.05. The summed E-state index contributed by atoms with van der Waals surface area (Å²) in [6.07, 6.45) is 2.56. The van der Waals surface area contributed by atoms with Crippen molar-refractivity contribution in [2.24, 2.45) is 0 Å².